The molecule has 0 amide bonds. The van der Waals surface area contributed by atoms with Crippen molar-refractivity contribution in [3.8, 4) is 0 Å². The fraction of sp³-hybridized carbons (Fsp3) is 0.350. The lowest BCUT2D eigenvalue weighted by atomic mass is 9.96. The average molecular weight is 375 g/mol. The number of pyridine rings is 2. The van der Waals surface area contributed by atoms with E-state index in [0.29, 0.717) is 17.8 Å². The Morgan fingerprint density at radius 2 is 1.86 bits per heavy atom. The topological polar surface area (TPSA) is 109 Å². The summed E-state index contributed by atoms with van der Waals surface area (Å²) in [6.07, 6.45) is 9.47. The number of anilines is 2. The highest BCUT2D eigenvalue weighted by Crippen LogP contribution is 2.43. The van der Waals surface area contributed by atoms with Gasteiger partial charge in [0.2, 0.25) is 0 Å². The second-order valence-electron chi connectivity index (χ2n) is 7.93. The molecule has 4 aromatic rings. The van der Waals surface area contributed by atoms with Crippen molar-refractivity contribution in [1.29, 1.82) is 0 Å². The van der Waals surface area contributed by atoms with Crippen LogP contribution in [0.4, 0.5) is 11.5 Å². The Balaban J connectivity index is 1.42. The van der Waals surface area contributed by atoms with E-state index in [1.165, 1.54) is 0 Å². The minimum Gasteiger partial charge on any atom is -0.397 e. The van der Waals surface area contributed by atoms with Gasteiger partial charge in [-0.25, -0.2) is 14.8 Å². The third kappa shape index (κ3) is 2.14. The van der Waals surface area contributed by atoms with Crippen LogP contribution < -0.4 is 16.3 Å². The molecule has 0 spiro atoms. The average Bonchev–Trinajstić information content (AvgIpc) is 3.36. The molecule has 0 radical (unpaired) electrons. The fourth-order valence-corrected chi connectivity index (χ4v) is 5.25. The summed E-state index contributed by atoms with van der Waals surface area (Å²) >= 11 is 0. The molecule has 4 aromatic heterocycles. The summed E-state index contributed by atoms with van der Waals surface area (Å²) in [6.45, 7) is 0. The highest BCUT2D eigenvalue weighted by atomic mass is 16.1. The number of rotatable bonds is 2. The van der Waals surface area contributed by atoms with Gasteiger partial charge in [0.1, 0.15) is 11.5 Å². The zero-order chi connectivity index (χ0) is 18.8. The number of nitrogens with zero attached hydrogens (tertiary/aromatic N) is 4. The number of aromatic nitrogens is 5. The van der Waals surface area contributed by atoms with E-state index >= 15 is 0 Å². The van der Waals surface area contributed by atoms with E-state index in [1.807, 2.05) is 29.0 Å². The standard InChI is InChI=1S/C20H21N7O/c21-11-1-4-17(23-9-11)26-12-2-3-13(26)8-14(7-12)27-18-15-5-6-22-19(15)24-10-16(18)25-20(27)28/h1,4-6,9-10,12-14H,2-3,7-8,21H2,(H,22,24)(H,25,28)/t12-,13+,14+. The summed E-state index contributed by atoms with van der Waals surface area (Å²) in [5.74, 6) is 0.989. The Morgan fingerprint density at radius 3 is 2.61 bits per heavy atom. The van der Waals surface area contributed by atoms with E-state index in [-0.39, 0.29) is 11.7 Å². The molecule has 2 aliphatic rings. The van der Waals surface area contributed by atoms with Crippen LogP contribution >= 0.6 is 0 Å². The molecule has 2 saturated heterocycles. The van der Waals surface area contributed by atoms with Crippen LogP contribution in [0.2, 0.25) is 0 Å². The van der Waals surface area contributed by atoms with E-state index in [2.05, 4.69) is 24.8 Å². The SMILES string of the molecule is Nc1ccc(N2[C@@H]3CC[C@H]2C[C@@H](n2c(=O)[nH]c4cnc5[nH]ccc5c42)C3)nc1. The zero-order valence-electron chi connectivity index (χ0n) is 15.3. The first-order chi connectivity index (χ1) is 13.7. The van der Waals surface area contributed by atoms with Gasteiger partial charge in [0, 0.05) is 29.7 Å². The Kier molecular flexibility index (Phi) is 3.15. The van der Waals surface area contributed by atoms with Gasteiger partial charge in [0.05, 0.1) is 29.1 Å². The van der Waals surface area contributed by atoms with Gasteiger partial charge in [-0.15, -0.1) is 0 Å². The maximum Gasteiger partial charge on any atom is 0.326 e. The van der Waals surface area contributed by atoms with Crippen LogP contribution in [0, 0.1) is 0 Å². The number of fused-ring (bicyclic) bond motifs is 5. The third-order valence-electron chi connectivity index (χ3n) is 6.37. The number of hydrogen-bond acceptors (Lipinski definition) is 5. The van der Waals surface area contributed by atoms with Crippen molar-refractivity contribution in [1.82, 2.24) is 24.5 Å². The molecule has 8 nitrogen and oxygen atoms in total. The molecular formula is C20H21N7O. The lowest BCUT2D eigenvalue weighted by Crippen LogP contribution is -2.45. The minimum absolute atomic E-state index is 0.0473. The number of nitrogens with one attached hydrogen (secondary N) is 2. The van der Waals surface area contributed by atoms with Gasteiger partial charge in [-0.1, -0.05) is 0 Å². The van der Waals surface area contributed by atoms with Gasteiger partial charge in [0.15, 0.2) is 0 Å². The monoisotopic (exact) mass is 375 g/mol. The van der Waals surface area contributed by atoms with E-state index < -0.39 is 0 Å². The van der Waals surface area contributed by atoms with Crippen molar-refractivity contribution in [2.24, 2.45) is 0 Å². The zero-order valence-corrected chi connectivity index (χ0v) is 15.3. The van der Waals surface area contributed by atoms with Gasteiger partial charge in [0.25, 0.3) is 0 Å². The van der Waals surface area contributed by atoms with Crippen molar-refractivity contribution in [3.63, 3.8) is 0 Å². The summed E-state index contributed by atoms with van der Waals surface area (Å²) < 4.78 is 1.96. The highest BCUT2D eigenvalue weighted by molar-refractivity contribution is 6.00. The number of imidazole rings is 1. The third-order valence-corrected chi connectivity index (χ3v) is 6.37. The van der Waals surface area contributed by atoms with Gasteiger partial charge in [-0.05, 0) is 43.9 Å². The normalized spacial score (nSPS) is 24.4. The van der Waals surface area contributed by atoms with Gasteiger partial charge in [-0.3, -0.25) is 4.57 Å². The number of aromatic amines is 2. The van der Waals surface area contributed by atoms with Crippen LogP contribution in [0.3, 0.4) is 0 Å². The molecule has 0 saturated carbocycles. The molecule has 0 aliphatic carbocycles. The highest BCUT2D eigenvalue weighted by Gasteiger charge is 2.42. The quantitative estimate of drug-likeness (QED) is 0.499. The molecule has 142 valence electrons. The molecule has 3 atom stereocenters. The van der Waals surface area contributed by atoms with E-state index in [0.717, 1.165) is 53.6 Å². The molecule has 2 bridgehead atoms. The molecule has 6 heterocycles. The van der Waals surface area contributed by atoms with Crippen LogP contribution in [0.15, 0.2) is 41.6 Å². The number of hydrogen-bond donors (Lipinski definition) is 3. The summed E-state index contributed by atoms with van der Waals surface area (Å²) in [7, 11) is 0. The van der Waals surface area contributed by atoms with Gasteiger partial charge >= 0.3 is 5.69 Å². The molecule has 0 unspecified atom stereocenters. The van der Waals surface area contributed by atoms with E-state index in [1.54, 1.807) is 12.4 Å². The van der Waals surface area contributed by atoms with E-state index in [4.69, 9.17) is 5.73 Å². The first-order valence-electron chi connectivity index (χ1n) is 9.75. The fourth-order valence-electron chi connectivity index (χ4n) is 5.25. The van der Waals surface area contributed by atoms with Crippen molar-refractivity contribution in [2.45, 2.75) is 43.8 Å². The number of H-pyrrole nitrogens is 2. The number of piperidine rings is 1. The Labute approximate surface area is 160 Å². The summed E-state index contributed by atoms with van der Waals surface area (Å²) in [4.78, 5) is 30.4. The minimum atomic E-state index is -0.0473. The Hall–Kier alpha value is -3.29. The van der Waals surface area contributed by atoms with Crippen LogP contribution in [0.5, 0.6) is 0 Å². The van der Waals surface area contributed by atoms with Crippen LogP contribution in [0.1, 0.15) is 31.7 Å². The van der Waals surface area contributed by atoms with Crippen LogP contribution in [-0.2, 0) is 0 Å². The predicted molar refractivity (Wildman–Crippen MR) is 108 cm³/mol. The molecule has 0 aromatic carbocycles. The number of nitrogen functional groups attached to an aromatic ring is 1. The molecule has 6 rings (SSSR count). The maximum absolute atomic E-state index is 12.9. The van der Waals surface area contributed by atoms with Crippen molar-refractivity contribution in [3.05, 3.63) is 47.3 Å². The number of nitrogens with two attached hydrogens (primary N) is 1. The summed E-state index contributed by atoms with van der Waals surface area (Å²) in [5.41, 5.74) is 9.00. The Bertz CT molecular complexity index is 1220. The smallest absolute Gasteiger partial charge is 0.326 e. The van der Waals surface area contributed by atoms with Gasteiger partial charge in [-0.2, -0.15) is 0 Å². The summed E-state index contributed by atoms with van der Waals surface area (Å²) in [6, 6.07) is 6.86. The van der Waals surface area contributed by atoms with Crippen LogP contribution in [0.25, 0.3) is 22.1 Å². The van der Waals surface area contributed by atoms with Crippen LogP contribution in [-0.4, -0.2) is 36.6 Å². The maximum atomic E-state index is 12.9. The molecule has 4 N–H and O–H groups in total. The summed E-state index contributed by atoms with van der Waals surface area (Å²) in [5, 5.41) is 0.992. The predicted octanol–water partition coefficient (Wildman–Crippen LogP) is 2.56. The molecule has 28 heavy (non-hydrogen) atoms. The largest absolute Gasteiger partial charge is 0.397 e. The first-order valence-corrected chi connectivity index (χ1v) is 9.75. The van der Waals surface area contributed by atoms with E-state index in [9.17, 15) is 4.79 Å². The first kappa shape index (κ1) is 15.7. The molecular weight excluding hydrogens is 354 g/mol. The Morgan fingerprint density at radius 1 is 1.04 bits per heavy atom. The lowest BCUT2D eigenvalue weighted by Gasteiger charge is -2.40. The molecule has 8 heteroatoms. The van der Waals surface area contributed by atoms with Crippen molar-refractivity contribution < 1.29 is 0 Å². The van der Waals surface area contributed by atoms with Gasteiger partial charge < -0.3 is 20.6 Å². The second-order valence-corrected chi connectivity index (χ2v) is 7.93. The van der Waals surface area contributed by atoms with Crippen molar-refractivity contribution >= 4 is 33.6 Å². The van der Waals surface area contributed by atoms with Crippen molar-refractivity contribution in [2.75, 3.05) is 10.6 Å². The lowest BCUT2D eigenvalue weighted by molar-refractivity contribution is 0.335. The second kappa shape index (κ2) is 5.60. The molecule has 2 fully saturated rings. The molecule has 2 aliphatic heterocycles.